The lowest BCUT2D eigenvalue weighted by atomic mass is 9.54. The normalized spacial score (nSPS) is 21.5. The molecule has 0 aromatic heterocycles. The first-order valence-electron chi connectivity index (χ1n) is 11.3. The number of para-hydroxylation sites is 1. The molecule has 0 unspecified atom stereocenters. The Labute approximate surface area is 188 Å². The first-order chi connectivity index (χ1) is 14.5. The zero-order chi connectivity index (χ0) is 22.4. The molecule has 0 saturated carbocycles. The second-order valence-corrected chi connectivity index (χ2v) is 10.7. The second kappa shape index (κ2) is 7.56. The Bertz CT molecular complexity index is 1100. The molecule has 1 heterocycles. The van der Waals surface area contributed by atoms with E-state index < -0.39 is 5.60 Å². The van der Waals surface area contributed by atoms with Gasteiger partial charge in [-0.25, -0.2) is 0 Å². The monoisotopic (exact) mass is 411 g/mol. The molecule has 2 aromatic rings. The van der Waals surface area contributed by atoms with Crippen molar-refractivity contribution in [3.05, 3.63) is 83.0 Å². The standard InChI is InChI=1S/C28H34BNO/c1-26(2,28(5,6)31)18-29-20-14-15-22-21-11-9-12-24(22)27(3,4)19(16-20)17-30-25-13-8-7-10-23(21)25/h7-17,29-31H,18H2,1-6H3/b15-14+,19-17-,20-16+. The Hall–Kier alpha value is -2.52. The van der Waals surface area contributed by atoms with Gasteiger partial charge in [-0.1, -0.05) is 94.1 Å². The lowest BCUT2D eigenvalue weighted by Crippen LogP contribution is -2.39. The molecule has 0 atom stereocenters. The molecule has 31 heavy (non-hydrogen) atoms. The molecule has 1 aliphatic heterocycles. The van der Waals surface area contributed by atoms with Crippen molar-refractivity contribution < 1.29 is 5.11 Å². The van der Waals surface area contributed by atoms with Crippen LogP contribution in [0.15, 0.2) is 71.9 Å². The highest BCUT2D eigenvalue weighted by Gasteiger charge is 2.35. The number of hydrogen-bond donors (Lipinski definition) is 2. The van der Waals surface area contributed by atoms with Crippen LogP contribution in [0.1, 0.15) is 52.7 Å². The third-order valence-electron chi connectivity index (χ3n) is 7.60. The van der Waals surface area contributed by atoms with Crippen LogP contribution in [-0.4, -0.2) is 18.0 Å². The van der Waals surface area contributed by atoms with Crippen LogP contribution in [-0.2, 0) is 5.41 Å². The minimum atomic E-state index is -0.720. The molecule has 2 aliphatic rings. The number of nitrogens with one attached hydrogen (secondary N) is 1. The van der Waals surface area contributed by atoms with Gasteiger partial charge in [0.25, 0.3) is 0 Å². The van der Waals surface area contributed by atoms with Crippen molar-refractivity contribution >= 4 is 19.0 Å². The smallest absolute Gasteiger partial charge is 0.158 e. The van der Waals surface area contributed by atoms with Crippen molar-refractivity contribution in [3.8, 4) is 11.1 Å². The summed E-state index contributed by atoms with van der Waals surface area (Å²) in [4.78, 5) is 0. The van der Waals surface area contributed by atoms with Gasteiger partial charge in [0.05, 0.1) is 5.60 Å². The van der Waals surface area contributed by atoms with Gasteiger partial charge >= 0.3 is 0 Å². The molecule has 1 aliphatic carbocycles. The largest absolute Gasteiger partial charge is 0.390 e. The van der Waals surface area contributed by atoms with Crippen LogP contribution < -0.4 is 5.32 Å². The van der Waals surface area contributed by atoms with E-state index in [1.165, 1.54) is 33.3 Å². The van der Waals surface area contributed by atoms with E-state index in [0.29, 0.717) is 0 Å². The summed E-state index contributed by atoms with van der Waals surface area (Å²) < 4.78 is 0. The third kappa shape index (κ3) is 3.92. The van der Waals surface area contributed by atoms with Gasteiger partial charge in [0.2, 0.25) is 0 Å². The average molecular weight is 411 g/mol. The number of fused-ring (bicyclic) bond motifs is 3. The van der Waals surface area contributed by atoms with Gasteiger partial charge in [0, 0.05) is 22.9 Å². The molecular weight excluding hydrogens is 377 g/mol. The predicted molar refractivity (Wildman–Crippen MR) is 136 cm³/mol. The maximum Gasteiger partial charge on any atom is 0.158 e. The van der Waals surface area contributed by atoms with E-state index in [2.05, 4.69) is 99.9 Å². The quantitative estimate of drug-likeness (QED) is 0.563. The van der Waals surface area contributed by atoms with Crippen LogP contribution in [0.5, 0.6) is 0 Å². The summed E-state index contributed by atoms with van der Waals surface area (Å²) in [7, 11) is 0.922. The summed E-state index contributed by atoms with van der Waals surface area (Å²) in [6, 6.07) is 15.2. The molecule has 160 valence electrons. The van der Waals surface area contributed by atoms with E-state index in [1.807, 2.05) is 13.8 Å². The minimum absolute atomic E-state index is 0.137. The lowest BCUT2D eigenvalue weighted by molar-refractivity contribution is -0.0236. The average Bonchev–Trinajstić information content (AvgIpc) is 2.72. The van der Waals surface area contributed by atoms with E-state index in [1.54, 1.807) is 0 Å². The zero-order valence-corrected chi connectivity index (χ0v) is 19.7. The SMILES string of the molecule is CC1(C)C2=C\Nc3ccccc3-c3cccc1c3/C=C/C(BCC(C)(C)C(C)(C)O)=C\2. The topological polar surface area (TPSA) is 32.3 Å². The number of allylic oxidation sites excluding steroid dienone is 4. The molecule has 0 saturated heterocycles. The highest BCUT2D eigenvalue weighted by Crippen LogP contribution is 2.44. The van der Waals surface area contributed by atoms with Crippen LogP contribution in [0.4, 0.5) is 5.69 Å². The zero-order valence-electron chi connectivity index (χ0n) is 19.7. The van der Waals surface area contributed by atoms with Gasteiger partial charge in [0.1, 0.15) is 0 Å². The highest BCUT2D eigenvalue weighted by atomic mass is 16.3. The Morgan fingerprint density at radius 2 is 1.65 bits per heavy atom. The van der Waals surface area contributed by atoms with E-state index in [0.717, 1.165) is 19.3 Å². The van der Waals surface area contributed by atoms with Gasteiger partial charge in [0.15, 0.2) is 7.28 Å². The molecule has 2 nitrogen and oxygen atoms in total. The van der Waals surface area contributed by atoms with Gasteiger partial charge in [-0.15, -0.1) is 0 Å². The Balaban J connectivity index is 1.86. The summed E-state index contributed by atoms with van der Waals surface area (Å²) in [5, 5.41) is 14.2. The van der Waals surface area contributed by atoms with Gasteiger partial charge in [-0.05, 0) is 47.6 Å². The first kappa shape index (κ1) is 21.7. The van der Waals surface area contributed by atoms with Gasteiger partial charge < -0.3 is 10.4 Å². The molecule has 2 aromatic carbocycles. The van der Waals surface area contributed by atoms with Crippen molar-refractivity contribution in [1.82, 2.24) is 0 Å². The second-order valence-electron chi connectivity index (χ2n) is 10.7. The Morgan fingerprint density at radius 1 is 0.935 bits per heavy atom. The summed E-state index contributed by atoms with van der Waals surface area (Å²) in [6.07, 6.45) is 10.0. The number of hydrogen-bond acceptors (Lipinski definition) is 2. The summed E-state index contributed by atoms with van der Waals surface area (Å²) in [5.74, 6) is 0. The minimum Gasteiger partial charge on any atom is -0.390 e. The number of rotatable bonds is 4. The van der Waals surface area contributed by atoms with Gasteiger partial charge in [-0.3, -0.25) is 0 Å². The van der Waals surface area contributed by atoms with Crippen molar-refractivity contribution in [1.29, 1.82) is 0 Å². The first-order valence-corrected chi connectivity index (χ1v) is 11.3. The molecule has 4 bridgehead atoms. The van der Waals surface area contributed by atoms with E-state index in [4.69, 9.17) is 0 Å². The maximum absolute atomic E-state index is 10.6. The molecule has 4 rings (SSSR count). The van der Waals surface area contributed by atoms with Crippen LogP contribution in [0, 0.1) is 5.41 Å². The number of benzene rings is 2. The van der Waals surface area contributed by atoms with Crippen molar-refractivity contribution in [3.63, 3.8) is 0 Å². The number of aliphatic hydroxyl groups is 1. The Morgan fingerprint density at radius 3 is 2.39 bits per heavy atom. The fourth-order valence-corrected chi connectivity index (χ4v) is 4.44. The van der Waals surface area contributed by atoms with Crippen LogP contribution >= 0.6 is 0 Å². The third-order valence-corrected chi connectivity index (χ3v) is 7.60. The lowest BCUT2D eigenvalue weighted by Gasteiger charge is -2.37. The summed E-state index contributed by atoms with van der Waals surface area (Å²) in [6.45, 7) is 12.8. The van der Waals surface area contributed by atoms with Crippen LogP contribution in [0.3, 0.4) is 0 Å². The molecule has 3 heteroatoms. The Kier molecular flexibility index (Phi) is 5.30. The molecular formula is C28H34BNO. The molecule has 0 fully saturated rings. The van der Waals surface area contributed by atoms with Crippen molar-refractivity contribution in [2.24, 2.45) is 5.41 Å². The molecule has 2 N–H and O–H groups in total. The molecule has 0 spiro atoms. The number of anilines is 1. The summed E-state index contributed by atoms with van der Waals surface area (Å²) >= 11 is 0. The van der Waals surface area contributed by atoms with Crippen LogP contribution in [0.25, 0.3) is 17.2 Å². The molecule has 0 amide bonds. The fourth-order valence-electron chi connectivity index (χ4n) is 4.44. The highest BCUT2D eigenvalue weighted by molar-refractivity contribution is 6.47. The predicted octanol–water partition coefficient (Wildman–Crippen LogP) is 6.50. The maximum atomic E-state index is 10.6. The molecule has 0 radical (unpaired) electrons. The van der Waals surface area contributed by atoms with E-state index >= 15 is 0 Å². The summed E-state index contributed by atoms with van der Waals surface area (Å²) in [5.41, 5.74) is 7.79. The van der Waals surface area contributed by atoms with E-state index in [-0.39, 0.29) is 10.8 Å². The van der Waals surface area contributed by atoms with Crippen molar-refractivity contribution in [2.75, 3.05) is 5.32 Å². The van der Waals surface area contributed by atoms with Crippen LogP contribution in [0.2, 0.25) is 6.32 Å². The van der Waals surface area contributed by atoms with Gasteiger partial charge in [-0.2, -0.15) is 0 Å². The van der Waals surface area contributed by atoms with E-state index in [9.17, 15) is 5.11 Å². The van der Waals surface area contributed by atoms with Crippen molar-refractivity contribution in [2.45, 2.75) is 58.9 Å². The fraction of sp³-hybridized carbons (Fsp3) is 0.357.